The van der Waals surface area contributed by atoms with Crippen molar-refractivity contribution in [1.82, 2.24) is 0 Å². The molecule has 19 heavy (non-hydrogen) atoms. The molecule has 0 amide bonds. The molecule has 2 nitrogen and oxygen atoms in total. The molecule has 0 atom stereocenters. The molecule has 6 heteroatoms. The van der Waals surface area contributed by atoms with E-state index in [-0.39, 0.29) is 5.54 Å². The Kier molecular flexibility index (Phi) is 7.81. The van der Waals surface area contributed by atoms with Crippen LogP contribution < -0.4 is 0 Å². The number of rotatable bonds is 6. The average molecular weight is 333 g/mol. The van der Waals surface area contributed by atoms with E-state index in [0.717, 1.165) is 22.3 Å². The zero-order chi connectivity index (χ0) is 14.3. The minimum absolute atomic E-state index is 0.0216. The Hall–Kier alpha value is 0.300. The topological polar surface area (TPSA) is 36.1 Å². The molecule has 0 radical (unpaired) electrons. The molecule has 0 saturated heterocycles. The monoisotopic (exact) mass is 332 g/mol. The third kappa shape index (κ3) is 4.96. The summed E-state index contributed by atoms with van der Waals surface area (Å²) in [6.07, 6.45) is 2.08. The summed E-state index contributed by atoms with van der Waals surface area (Å²) in [6, 6.07) is 0. The number of aliphatic imine (C=N–C) groups is 1. The van der Waals surface area contributed by atoms with E-state index in [0.29, 0.717) is 5.25 Å². The van der Waals surface area contributed by atoms with Gasteiger partial charge in [-0.05, 0) is 30.0 Å². The van der Waals surface area contributed by atoms with Crippen LogP contribution in [-0.2, 0) is 0 Å². The maximum absolute atomic E-state index is 8.57. The van der Waals surface area contributed by atoms with Crippen LogP contribution >= 0.6 is 47.0 Å². The minimum atomic E-state index is -0.0216. The van der Waals surface area contributed by atoms with Crippen LogP contribution in [0.25, 0.3) is 0 Å². The number of thioether (sulfide) groups is 4. The van der Waals surface area contributed by atoms with Crippen LogP contribution in [0.5, 0.6) is 0 Å². The predicted molar refractivity (Wildman–Crippen MR) is 94.8 cm³/mol. The molecule has 1 aliphatic rings. The van der Waals surface area contributed by atoms with Crippen molar-refractivity contribution in [3.8, 4) is 5.40 Å². The predicted octanol–water partition coefficient (Wildman–Crippen LogP) is 5.54. The zero-order valence-electron chi connectivity index (χ0n) is 11.8. The molecule has 0 bridgehead atoms. The van der Waals surface area contributed by atoms with E-state index in [1.807, 2.05) is 11.8 Å². The largest absolute Gasteiger partial charge is 0.259 e. The molecule has 0 aromatic carbocycles. The summed E-state index contributed by atoms with van der Waals surface area (Å²) in [5, 5.41) is 14.3. The number of thiocyanates is 1. The van der Waals surface area contributed by atoms with Crippen molar-refractivity contribution in [2.45, 2.75) is 51.3 Å². The minimum Gasteiger partial charge on any atom is -0.259 e. The number of nitriles is 1. The van der Waals surface area contributed by atoms with Gasteiger partial charge in [0.2, 0.25) is 0 Å². The quantitative estimate of drug-likeness (QED) is 0.363. The Morgan fingerprint density at radius 1 is 1.42 bits per heavy atom. The van der Waals surface area contributed by atoms with Crippen LogP contribution in [-0.4, -0.2) is 20.2 Å². The summed E-state index contributed by atoms with van der Waals surface area (Å²) in [6.45, 7) is 8.83. The van der Waals surface area contributed by atoms with Crippen molar-refractivity contribution in [2.24, 2.45) is 4.99 Å². The first-order valence-electron chi connectivity index (χ1n) is 6.35. The summed E-state index contributed by atoms with van der Waals surface area (Å²) in [7, 11) is 0. The molecule has 1 rings (SSSR count). The fraction of sp³-hybridized carbons (Fsp3) is 0.692. The molecule has 0 aromatic rings. The molecule has 0 N–H and O–H groups in total. The summed E-state index contributed by atoms with van der Waals surface area (Å²) in [5.74, 6) is 0. The van der Waals surface area contributed by atoms with E-state index in [1.165, 1.54) is 16.7 Å². The van der Waals surface area contributed by atoms with E-state index < -0.39 is 0 Å². The first-order chi connectivity index (χ1) is 9.07. The van der Waals surface area contributed by atoms with Gasteiger partial charge in [0.15, 0.2) is 0 Å². The van der Waals surface area contributed by atoms with Gasteiger partial charge in [-0.15, -0.1) is 11.8 Å². The van der Waals surface area contributed by atoms with Crippen LogP contribution in [0.1, 0.15) is 40.5 Å². The summed E-state index contributed by atoms with van der Waals surface area (Å²) < 4.78 is 1.11. The molecule has 106 valence electrons. The third-order valence-corrected chi connectivity index (χ3v) is 6.95. The smallest absolute Gasteiger partial charge is 0.134 e. The highest BCUT2D eigenvalue weighted by Gasteiger charge is 2.37. The molecule has 1 aliphatic heterocycles. The van der Waals surface area contributed by atoms with Crippen molar-refractivity contribution in [3.05, 3.63) is 10.3 Å². The Morgan fingerprint density at radius 2 is 2.11 bits per heavy atom. The van der Waals surface area contributed by atoms with Crippen LogP contribution in [0.15, 0.2) is 15.3 Å². The lowest BCUT2D eigenvalue weighted by Gasteiger charge is -2.24. The molecule has 0 aromatic heterocycles. The lowest BCUT2D eigenvalue weighted by atomic mass is 9.94. The number of nitrogens with zero attached hydrogens (tertiary/aromatic N) is 2. The highest BCUT2D eigenvalue weighted by atomic mass is 32.2. The van der Waals surface area contributed by atoms with Crippen LogP contribution in [0, 0.1) is 10.7 Å². The average Bonchev–Trinajstić information content (AvgIpc) is 2.75. The highest BCUT2D eigenvalue weighted by Crippen LogP contribution is 2.48. The fourth-order valence-electron chi connectivity index (χ4n) is 1.70. The van der Waals surface area contributed by atoms with Gasteiger partial charge in [-0.1, -0.05) is 51.2 Å². The van der Waals surface area contributed by atoms with Crippen LogP contribution in [0.3, 0.4) is 0 Å². The van der Waals surface area contributed by atoms with Crippen molar-refractivity contribution >= 4 is 51.4 Å². The highest BCUT2D eigenvalue weighted by molar-refractivity contribution is 8.43. The molecule has 0 spiro atoms. The van der Waals surface area contributed by atoms with Crippen molar-refractivity contribution < 1.29 is 0 Å². The summed E-state index contributed by atoms with van der Waals surface area (Å²) in [5.41, 5.74) is -0.0216. The fourth-order valence-corrected chi connectivity index (χ4v) is 5.63. The second-order valence-corrected chi connectivity index (χ2v) is 9.21. The Bertz CT molecular complexity index is 392. The van der Waals surface area contributed by atoms with Crippen LogP contribution in [0.2, 0.25) is 0 Å². The Labute approximate surface area is 133 Å². The van der Waals surface area contributed by atoms with Gasteiger partial charge < -0.3 is 0 Å². The van der Waals surface area contributed by atoms with E-state index >= 15 is 0 Å². The normalized spacial score (nSPS) is 19.8. The van der Waals surface area contributed by atoms with Gasteiger partial charge in [0.1, 0.15) is 9.78 Å². The van der Waals surface area contributed by atoms with E-state index in [1.54, 1.807) is 23.5 Å². The Balaban J connectivity index is 2.79. The SMILES string of the molecule is CCC1(CC)N=C(SCSC#N)S/C1=C/SC(C)C. The Morgan fingerprint density at radius 3 is 2.63 bits per heavy atom. The first-order valence-corrected chi connectivity index (χ1v) is 10.1. The first kappa shape index (κ1) is 17.4. The van der Waals surface area contributed by atoms with Crippen LogP contribution in [0.4, 0.5) is 0 Å². The number of hydrogen-bond acceptors (Lipinski definition) is 6. The molecule has 1 heterocycles. The van der Waals surface area contributed by atoms with Gasteiger partial charge in [0.05, 0.1) is 10.6 Å². The van der Waals surface area contributed by atoms with Gasteiger partial charge in [-0.3, -0.25) is 4.99 Å². The number of hydrogen-bond donors (Lipinski definition) is 0. The maximum Gasteiger partial charge on any atom is 0.134 e. The molecular weight excluding hydrogens is 312 g/mol. The molecule has 0 unspecified atom stereocenters. The second kappa shape index (κ2) is 8.56. The molecule has 0 fully saturated rings. The van der Waals surface area contributed by atoms with E-state index in [4.69, 9.17) is 10.3 Å². The standard InChI is InChI=1S/C13H20N2S4/c1-5-13(6-2)11(7-17-10(3)4)19-12(15-13)18-9-16-8-14/h7,10H,5-6,9H2,1-4H3/b11-7+. The summed E-state index contributed by atoms with van der Waals surface area (Å²) >= 11 is 6.62. The lowest BCUT2D eigenvalue weighted by molar-refractivity contribution is 0.496. The van der Waals surface area contributed by atoms with Crippen molar-refractivity contribution in [1.29, 1.82) is 5.26 Å². The van der Waals surface area contributed by atoms with Crippen molar-refractivity contribution in [2.75, 3.05) is 5.08 Å². The molecular formula is C13H20N2S4. The van der Waals surface area contributed by atoms with Gasteiger partial charge >= 0.3 is 0 Å². The van der Waals surface area contributed by atoms with Gasteiger partial charge in [0.25, 0.3) is 0 Å². The second-order valence-electron chi connectivity index (χ2n) is 4.38. The van der Waals surface area contributed by atoms with E-state index in [2.05, 4.69) is 38.5 Å². The van der Waals surface area contributed by atoms with E-state index in [9.17, 15) is 0 Å². The molecule has 0 saturated carbocycles. The lowest BCUT2D eigenvalue weighted by Crippen LogP contribution is -2.22. The summed E-state index contributed by atoms with van der Waals surface area (Å²) in [4.78, 5) is 6.30. The van der Waals surface area contributed by atoms with Gasteiger partial charge in [0, 0.05) is 10.2 Å². The van der Waals surface area contributed by atoms with Gasteiger partial charge in [-0.2, -0.15) is 5.26 Å². The van der Waals surface area contributed by atoms with Crippen molar-refractivity contribution in [3.63, 3.8) is 0 Å². The zero-order valence-corrected chi connectivity index (χ0v) is 15.1. The molecule has 0 aliphatic carbocycles. The maximum atomic E-state index is 8.57. The van der Waals surface area contributed by atoms with Gasteiger partial charge in [-0.25, -0.2) is 0 Å². The third-order valence-electron chi connectivity index (χ3n) is 2.88.